The van der Waals surface area contributed by atoms with Crippen molar-refractivity contribution in [2.24, 2.45) is 10.1 Å². The van der Waals surface area contributed by atoms with Gasteiger partial charge in [0.25, 0.3) is 0 Å². The van der Waals surface area contributed by atoms with Crippen molar-refractivity contribution in [2.75, 3.05) is 26.2 Å². The van der Waals surface area contributed by atoms with E-state index in [0.29, 0.717) is 31.2 Å². The number of benzene rings is 2. The molecule has 32 heavy (non-hydrogen) atoms. The van der Waals surface area contributed by atoms with E-state index in [2.05, 4.69) is 21.8 Å². The standard InChI is InChI=1S/C23H28ClN5O2S/c1-2-25-23(27-32(30,31)28-15-7-4-8-16-28)29-17-21(18-9-5-3-6-10-18)22(26-29)19-11-13-20(24)14-12-19/h3,5-6,9-14,21H,2,4,7-8,15-17H2,1H3,(H,25,27). The Labute approximate surface area is 195 Å². The van der Waals surface area contributed by atoms with Crippen LogP contribution in [-0.2, 0) is 10.2 Å². The lowest BCUT2D eigenvalue weighted by Crippen LogP contribution is -2.49. The molecule has 0 aliphatic carbocycles. The molecule has 2 aromatic carbocycles. The maximum atomic E-state index is 13.0. The van der Waals surface area contributed by atoms with E-state index in [1.807, 2.05) is 49.4 Å². The smallest absolute Gasteiger partial charge is 0.251 e. The van der Waals surface area contributed by atoms with Crippen LogP contribution in [0, 0.1) is 0 Å². The molecule has 0 spiro atoms. The number of nitrogens with zero attached hydrogens (tertiary/aromatic N) is 4. The maximum absolute atomic E-state index is 13.0. The average Bonchev–Trinajstić information content (AvgIpc) is 3.26. The molecule has 4 rings (SSSR count). The van der Waals surface area contributed by atoms with E-state index in [1.165, 1.54) is 4.31 Å². The van der Waals surface area contributed by atoms with Crippen molar-refractivity contribution < 1.29 is 8.42 Å². The highest BCUT2D eigenvalue weighted by atomic mass is 35.5. The van der Waals surface area contributed by atoms with Gasteiger partial charge >= 0.3 is 10.2 Å². The first kappa shape index (κ1) is 22.8. The topological polar surface area (TPSA) is 77.4 Å². The molecule has 0 bridgehead atoms. The second-order valence-electron chi connectivity index (χ2n) is 7.90. The molecular weight excluding hydrogens is 446 g/mol. The molecule has 1 fully saturated rings. The first-order valence-corrected chi connectivity index (χ1v) is 12.8. The molecule has 0 saturated carbocycles. The van der Waals surface area contributed by atoms with Crippen molar-refractivity contribution in [1.29, 1.82) is 0 Å². The van der Waals surface area contributed by atoms with Crippen molar-refractivity contribution in [2.45, 2.75) is 32.1 Å². The molecule has 9 heteroatoms. The van der Waals surface area contributed by atoms with Crippen molar-refractivity contribution in [1.82, 2.24) is 14.0 Å². The third-order valence-electron chi connectivity index (χ3n) is 5.68. The quantitative estimate of drug-likeness (QED) is 0.529. The predicted molar refractivity (Wildman–Crippen MR) is 129 cm³/mol. The molecule has 1 N–H and O–H groups in total. The molecule has 2 heterocycles. The number of hydrazone groups is 1. The minimum Gasteiger partial charge on any atom is -0.251 e. The highest BCUT2D eigenvalue weighted by Crippen LogP contribution is 2.29. The molecule has 0 amide bonds. The number of halogens is 1. The van der Waals surface area contributed by atoms with Gasteiger partial charge in [0.05, 0.1) is 12.3 Å². The van der Waals surface area contributed by atoms with Gasteiger partial charge in [0.15, 0.2) is 0 Å². The SMILES string of the molecule is CCN=C(NS(=O)(=O)N1CCCCC1)N1CC(c2ccccc2)C(c2ccc(Cl)cc2)=N1. The third-order valence-corrected chi connectivity index (χ3v) is 7.42. The Morgan fingerprint density at radius 1 is 1.09 bits per heavy atom. The average molecular weight is 474 g/mol. The Bertz CT molecular complexity index is 1080. The predicted octanol–water partition coefficient (Wildman–Crippen LogP) is 3.84. The highest BCUT2D eigenvalue weighted by Gasteiger charge is 2.34. The molecule has 2 aromatic rings. The zero-order valence-corrected chi connectivity index (χ0v) is 19.7. The van der Waals surface area contributed by atoms with Gasteiger partial charge in [0.2, 0.25) is 5.96 Å². The largest absolute Gasteiger partial charge is 0.303 e. The van der Waals surface area contributed by atoms with Crippen LogP contribution in [0.25, 0.3) is 0 Å². The van der Waals surface area contributed by atoms with Gasteiger partial charge in [-0.3, -0.25) is 4.99 Å². The molecular formula is C23H28ClN5O2S. The van der Waals surface area contributed by atoms with Gasteiger partial charge in [-0.15, -0.1) is 0 Å². The van der Waals surface area contributed by atoms with Gasteiger partial charge in [0.1, 0.15) is 0 Å². The lowest BCUT2D eigenvalue weighted by molar-refractivity contribution is 0.343. The maximum Gasteiger partial charge on any atom is 0.303 e. The number of piperidine rings is 1. The van der Waals surface area contributed by atoms with E-state index in [1.54, 1.807) is 5.01 Å². The van der Waals surface area contributed by atoms with Crippen LogP contribution in [0.4, 0.5) is 0 Å². The van der Waals surface area contributed by atoms with Gasteiger partial charge in [-0.2, -0.15) is 17.8 Å². The Morgan fingerprint density at radius 2 is 1.78 bits per heavy atom. The summed E-state index contributed by atoms with van der Waals surface area (Å²) in [7, 11) is -3.69. The normalized spacial score (nSPS) is 20.3. The summed E-state index contributed by atoms with van der Waals surface area (Å²) in [5.41, 5.74) is 2.91. The van der Waals surface area contributed by atoms with Gasteiger partial charge in [-0.25, -0.2) is 9.73 Å². The molecule has 7 nitrogen and oxygen atoms in total. The van der Waals surface area contributed by atoms with Gasteiger partial charge in [-0.05, 0) is 43.0 Å². The van der Waals surface area contributed by atoms with Crippen LogP contribution in [0.3, 0.4) is 0 Å². The summed E-state index contributed by atoms with van der Waals surface area (Å²) in [6.07, 6.45) is 2.81. The summed E-state index contributed by atoms with van der Waals surface area (Å²) < 4.78 is 30.2. The van der Waals surface area contributed by atoms with Crippen molar-refractivity contribution in [3.63, 3.8) is 0 Å². The summed E-state index contributed by atoms with van der Waals surface area (Å²) in [4.78, 5) is 4.45. The number of nitrogens with one attached hydrogen (secondary N) is 1. The third kappa shape index (κ3) is 5.14. The Morgan fingerprint density at radius 3 is 2.44 bits per heavy atom. The minimum absolute atomic E-state index is 0.0288. The second kappa shape index (κ2) is 10.0. The zero-order chi connectivity index (χ0) is 22.6. The molecule has 0 aromatic heterocycles. The molecule has 1 atom stereocenters. The summed E-state index contributed by atoms with van der Waals surface area (Å²) in [6.45, 7) is 3.87. The van der Waals surface area contributed by atoms with Crippen LogP contribution in [0.5, 0.6) is 0 Å². The number of hydrogen-bond donors (Lipinski definition) is 1. The first-order chi connectivity index (χ1) is 15.5. The number of guanidine groups is 1. The monoisotopic (exact) mass is 473 g/mol. The minimum atomic E-state index is -3.69. The lowest BCUT2D eigenvalue weighted by Gasteiger charge is -2.28. The van der Waals surface area contributed by atoms with Crippen molar-refractivity contribution >= 4 is 33.5 Å². The van der Waals surface area contributed by atoms with Gasteiger partial charge < -0.3 is 0 Å². The van der Waals surface area contributed by atoms with Crippen LogP contribution < -0.4 is 4.72 Å². The van der Waals surface area contributed by atoms with E-state index in [-0.39, 0.29) is 11.9 Å². The molecule has 1 unspecified atom stereocenters. The van der Waals surface area contributed by atoms with E-state index < -0.39 is 10.2 Å². The van der Waals surface area contributed by atoms with E-state index in [4.69, 9.17) is 16.7 Å². The molecule has 2 aliphatic rings. The molecule has 2 aliphatic heterocycles. The lowest BCUT2D eigenvalue weighted by atomic mass is 9.91. The summed E-state index contributed by atoms with van der Waals surface area (Å²) in [5, 5.41) is 7.15. The second-order valence-corrected chi connectivity index (χ2v) is 10.0. The van der Waals surface area contributed by atoms with Crippen LogP contribution in [0.15, 0.2) is 64.7 Å². The van der Waals surface area contributed by atoms with E-state index >= 15 is 0 Å². The van der Waals surface area contributed by atoms with E-state index in [9.17, 15) is 8.42 Å². The summed E-state index contributed by atoms with van der Waals surface area (Å²) >= 11 is 6.09. The van der Waals surface area contributed by atoms with Crippen LogP contribution >= 0.6 is 11.6 Å². The summed E-state index contributed by atoms with van der Waals surface area (Å²) in [6, 6.07) is 17.7. The fourth-order valence-corrected chi connectivity index (χ4v) is 5.46. The van der Waals surface area contributed by atoms with Crippen molar-refractivity contribution in [3.05, 3.63) is 70.7 Å². The fraction of sp³-hybridized carbons (Fsp3) is 0.391. The van der Waals surface area contributed by atoms with Crippen LogP contribution in [0.2, 0.25) is 5.02 Å². The zero-order valence-electron chi connectivity index (χ0n) is 18.1. The fourth-order valence-electron chi connectivity index (χ4n) is 4.06. The Balaban J connectivity index is 1.65. The molecule has 170 valence electrons. The van der Waals surface area contributed by atoms with Crippen LogP contribution in [-0.4, -0.2) is 55.6 Å². The Kier molecular flexibility index (Phi) is 7.13. The molecule has 1 saturated heterocycles. The van der Waals surface area contributed by atoms with Gasteiger partial charge in [-0.1, -0.05) is 60.5 Å². The highest BCUT2D eigenvalue weighted by molar-refractivity contribution is 7.87. The van der Waals surface area contributed by atoms with E-state index in [0.717, 1.165) is 36.1 Å². The van der Waals surface area contributed by atoms with Crippen LogP contribution in [0.1, 0.15) is 43.2 Å². The number of aliphatic imine (C=N–C) groups is 1. The number of rotatable bonds is 5. The number of hydrogen-bond acceptors (Lipinski definition) is 4. The van der Waals surface area contributed by atoms with Crippen molar-refractivity contribution in [3.8, 4) is 0 Å². The molecule has 0 radical (unpaired) electrons. The Hall–Kier alpha value is -2.42. The first-order valence-electron chi connectivity index (χ1n) is 11.0. The van der Waals surface area contributed by atoms with Gasteiger partial charge in [0, 0.05) is 30.6 Å². The summed E-state index contributed by atoms with van der Waals surface area (Å²) in [5.74, 6) is 0.224.